The lowest BCUT2D eigenvalue weighted by molar-refractivity contribution is 0.416. The maximum atomic E-state index is 9.35. The largest absolute Gasteiger partial charge is 0.382 e. The summed E-state index contributed by atoms with van der Waals surface area (Å²) in [6, 6.07) is 3.76. The Balaban J connectivity index is 1.98. The van der Waals surface area contributed by atoms with Gasteiger partial charge in [0.25, 0.3) is 0 Å². The minimum Gasteiger partial charge on any atom is -0.382 e. The first-order valence-corrected chi connectivity index (χ1v) is 9.30. The lowest BCUT2D eigenvalue weighted by Gasteiger charge is -2.23. The van der Waals surface area contributed by atoms with E-state index in [9.17, 15) is 5.26 Å². The van der Waals surface area contributed by atoms with Crippen LogP contribution in [-0.2, 0) is 0 Å². The van der Waals surface area contributed by atoms with Gasteiger partial charge in [-0.1, -0.05) is 0 Å². The summed E-state index contributed by atoms with van der Waals surface area (Å²) in [7, 11) is 6.12. The molecule has 3 heterocycles. The molecule has 3 aromatic heterocycles. The van der Waals surface area contributed by atoms with Crippen molar-refractivity contribution in [3.8, 4) is 6.07 Å². The van der Waals surface area contributed by atoms with Crippen LogP contribution in [0.15, 0.2) is 18.6 Å². The van der Waals surface area contributed by atoms with Crippen LogP contribution in [0.3, 0.4) is 0 Å². The highest BCUT2D eigenvalue weighted by Gasteiger charge is 2.19. The van der Waals surface area contributed by atoms with Gasteiger partial charge in [-0.05, 0) is 39.6 Å². The van der Waals surface area contributed by atoms with E-state index in [2.05, 4.69) is 30.2 Å². The summed E-state index contributed by atoms with van der Waals surface area (Å²) in [5.41, 5.74) is 8.08. The normalized spacial score (nSPS) is 12.2. The Morgan fingerprint density at radius 2 is 2.03 bits per heavy atom. The summed E-state index contributed by atoms with van der Waals surface area (Å²) in [6.07, 6.45) is 3.25. The summed E-state index contributed by atoms with van der Waals surface area (Å²) in [5, 5.41) is 17.2. The molecule has 152 valence electrons. The zero-order valence-corrected chi connectivity index (χ0v) is 17.4. The van der Waals surface area contributed by atoms with Gasteiger partial charge in [0.2, 0.25) is 0 Å². The number of anilines is 3. The van der Waals surface area contributed by atoms with E-state index in [-0.39, 0.29) is 17.4 Å². The number of nitriles is 1. The predicted molar refractivity (Wildman–Crippen MR) is 113 cm³/mol. The van der Waals surface area contributed by atoms with Gasteiger partial charge in [0.05, 0.1) is 6.04 Å². The number of nitrogens with one attached hydrogen (secondary N) is 1. The van der Waals surface area contributed by atoms with E-state index in [0.29, 0.717) is 11.6 Å². The number of aromatic nitrogens is 5. The molecule has 0 aliphatic heterocycles. The first-order chi connectivity index (χ1) is 13.8. The van der Waals surface area contributed by atoms with Gasteiger partial charge < -0.3 is 20.9 Å². The number of likely N-dealkylation sites (N-methyl/N-ethyl adjacent to an activating group) is 2. The molecule has 0 saturated heterocycles. The summed E-state index contributed by atoms with van der Waals surface area (Å²) >= 11 is 0. The smallest absolute Gasteiger partial charge is 0.173 e. The van der Waals surface area contributed by atoms with Gasteiger partial charge in [-0.2, -0.15) is 10.4 Å². The zero-order chi connectivity index (χ0) is 21.1. The molecule has 29 heavy (non-hydrogen) atoms. The summed E-state index contributed by atoms with van der Waals surface area (Å²) in [5.74, 6) is 1.94. The van der Waals surface area contributed by atoms with E-state index < -0.39 is 0 Å². The van der Waals surface area contributed by atoms with Gasteiger partial charge >= 0.3 is 0 Å². The fourth-order valence-electron chi connectivity index (χ4n) is 2.97. The van der Waals surface area contributed by atoms with Crippen molar-refractivity contribution in [2.24, 2.45) is 0 Å². The standard InChI is InChI=1S/C19H26N10/c1-12-6-7-29-15(12)19(28(5)9-8-27(3)4)25-17(26-29)13(2)24-18-14(10-20)16(21)22-11-23-18/h6-7,11,13H,8-9H2,1-5H3,(H3,21,22,23,24)/t13-/m0/s1. The topological polar surface area (TPSA) is 124 Å². The second-order valence-electron chi connectivity index (χ2n) is 7.27. The molecule has 0 aliphatic rings. The van der Waals surface area contributed by atoms with Crippen LogP contribution in [0, 0.1) is 18.3 Å². The van der Waals surface area contributed by atoms with Gasteiger partial charge in [0.15, 0.2) is 11.6 Å². The Kier molecular flexibility index (Phi) is 5.79. The zero-order valence-electron chi connectivity index (χ0n) is 17.4. The van der Waals surface area contributed by atoms with Gasteiger partial charge in [-0.3, -0.25) is 0 Å². The second kappa shape index (κ2) is 8.28. The first kappa shape index (κ1) is 20.3. The van der Waals surface area contributed by atoms with Crippen molar-refractivity contribution in [1.82, 2.24) is 29.5 Å². The summed E-state index contributed by atoms with van der Waals surface area (Å²) < 4.78 is 1.84. The number of aryl methyl sites for hydroxylation is 1. The van der Waals surface area contributed by atoms with Crippen LogP contribution in [0.1, 0.15) is 29.9 Å². The van der Waals surface area contributed by atoms with Crippen LogP contribution >= 0.6 is 0 Å². The lowest BCUT2D eigenvalue weighted by Crippen LogP contribution is -2.30. The van der Waals surface area contributed by atoms with Crippen molar-refractivity contribution in [2.75, 3.05) is 50.2 Å². The number of rotatable bonds is 7. The average molecular weight is 394 g/mol. The van der Waals surface area contributed by atoms with E-state index in [1.807, 2.05) is 57.8 Å². The third kappa shape index (κ3) is 4.20. The van der Waals surface area contributed by atoms with Crippen LogP contribution in [0.25, 0.3) is 5.52 Å². The Labute approximate surface area is 170 Å². The maximum absolute atomic E-state index is 9.35. The molecule has 10 heteroatoms. The van der Waals surface area contributed by atoms with Crippen molar-refractivity contribution in [1.29, 1.82) is 5.26 Å². The molecule has 0 radical (unpaired) electrons. The van der Waals surface area contributed by atoms with Gasteiger partial charge in [0.1, 0.15) is 35.1 Å². The van der Waals surface area contributed by atoms with E-state index in [0.717, 1.165) is 30.0 Å². The molecule has 0 aliphatic carbocycles. The van der Waals surface area contributed by atoms with Crippen molar-refractivity contribution < 1.29 is 0 Å². The molecular formula is C19H26N10. The van der Waals surface area contributed by atoms with Gasteiger partial charge in [0, 0.05) is 26.3 Å². The van der Waals surface area contributed by atoms with Crippen LogP contribution in [0.2, 0.25) is 0 Å². The highest BCUT2D eigenvalue weighted by atomic mass is 15.3. The van der Waals surface area contributed by atoms with Crippen LogP contribution in [0.4, 0.5) is 17.5 Å². The minimum absolute atomic E-state index is 0.138. The fraction of sp³-hybridized carbons (Fsp3) is 0.421. The predicted octanol–water partition coefficient (Wildman–Crippen LogP) is 1.45. The molecule has 3 rings (SSSR count). The van der Waals surface area contributed by atoms with Crippen LogP contribution < -0.4 is 16.0 Å². The minimum atomic E-state index is -0.301. The molecule has 0 amide bonds. The molecule has 10 nitrogen and oxygen atoms in total. The highest BCUT2D eigenvalue weighted by Crippen LogP contribution is 2.26. The van der Waals surface area contributed by atoms with E-state index >= 15 is 0 Å². The van der Waals surface area contributed by atoms with Crippen molar-refractivity contribution in [3.05, 3.63) is 35.5 Å². The van der Waals surface area contributed by atoms with Crippen molar-refractivity contribution in [3.63, 3.8) is 0 Å². The van der Waals surface area contributed by atoms with Crippen LogP contribution in [0.5, 0.6) is 0 Å². The quantitative estimate of drug-likeness (QED) is 0.612. The molecule has 3 N–H and O–H groups in total. The monoisotopic (exact) mass is 394 g/mol. The highest BCUT2D eigenvalue weighted by molar-refractivity contribution is 5.73. The van der Waals surface area contributed by atoms with Crippen molar-refractivity contribution >= 4 is 23.0 Å². The van der Waals surface area contributed by atoms with E-state index in [1.54, 1.807) is 0 Å². The lowest BCUT2D eigenvalue weighted by atomic mass is 10.2. The Hall–Kier alpha value is -3.45. The molecule has 0 saturated carbocycles. The number of nitrogens with two attached hydrogens (primary N) is 1. The van der Waals surface area contributed by atoms with Gasteiger partial charge in [-0.25, -0.2) is 19.5 Å². The Morgan fingerprint density at radius 3 is 2.72 bits per heavy atom. The van der Waals surface area contributed by atoms with Crippen molar-refractivity contribution in [2.45, 2.75) is 19.9 Å². The summed E-state index contributed by atoms with van der Waals surface area (Å²) in [4.78, 5) is 17.1. The molecule has 0 spiro atoms. The van der Waals surface area contributed by atoms with E-state index in [1.165, 1.54) is 6.33 Å². The first-order valence-electron chi connectivity index (χ1n) is 9.30. The molecule has 0 aromatic carbocycles. The molecule has 3 aromatic rings. The number of nitrogen functional groups attached to an aromatic ring is 1. The summed E-state index contributed by atoms with van der Waals surface area (Å²) in [6.45, 7) is 5.70. The second-order valence-corrected chi connectivity index (χ2v) is 7.27. The third-order valence-corrected chi connectivity index (χ3v) is 4.68. The Morgan fingerprint density at radius 1 is 1.28 bits per heavy atom. The fourth-order valence-corrected chi connectivity index (χ4v) is 2.97. The number of nitrogens with zero attached hydrogens (tertiary/aromatic N) is 8. The molecular weight excluding hydrogens is 368 g/mol. The van der Waals surface area contributed by atoms with E-state index in [4.69, 9.17) is 10.7 Å². The molecule has 0 unspecified atom stereocenters. The van der Waals surface area contributed by atoms with Gasteiger partial charge in [-0.15, -0.1) is 0 Å². The molecule has 0 fully saturated rings. The third-order valence-electron chi connectivity index (χ3n) is 4.68. The number of hydrogen-bond acceptors (Lipinski definition) is 9. The van der Waals surface area contributed by atoms with Crippen LogP contribution in [-0.4, -0.2) is 63.7 Å². The molecule has 0 bridgehead atoms. The Bertz CT molecular complexity index is 1050. The SMILES string of the molecule is Cc1ccn2nc([C@H](C)Nc3ncnc(N)c3C#N)nc(N(C)CCN(C)C)c12. The number of fused-ring (bicyclic) bond motifs is 1. The number of hydrogen-bond donors (Lipinski definition) is 2. The maximum Gasteiger partial charge on any atom is 0.173 e. The average Bonchev–Trinajstić information content (AvgIpc) is 3.06. The molecule has 1 atom stereocenters.